The molecule has 0 fully saturated rings. The summed E-state index contributed by atoms with van der Waals surface area (Å²) in [6.45, 7) is 6.86. The topological polar surface area (TPSA) is 60.9 Å². The molecule has 1 aromatic heterocycles. The second-order valence-corrected chi connectivity index (χ2v) is 4.96. The zero-order chi connectivity index (χ0) is 12.3. The number of nitrogens with two attached hydrogens (primary N) is 1. The van der Waals surface area contributed by atoms with Gasteiger partial charge in [-0.2, -0.15) is 5.10 Å². The Bertz CT molecular complexity index is 383. The zero-order valence-corrected chi connectivity index (χ0v) is 11.5. The van der Waals surface area contributed by atoms with Gasteiger partial charge in [-0.3, -0.25) is 9.48 Å². The van der Waals surface area contributed by atoms with Crippen molar-refractivity contribution in [1.29, 1.82) is 0 Å². The van der Waals surface area contributed by atoms with Crippen LogP contribution in [0.1, 0.15) is 37.7 Å². The summed E-state index contributed by atoms with van der Waals surface area (Å²) in [6, 6.07) is 0. The van der Waals surface area contributed by atoms with Crippen molar-refractivity contribution in [3.05, 3.63) is 16.4 Å². The fourth-order valence-corrected chi connectivity index (χ4v) is 1.99. The molecule has 16 heavy (non-hydrogen) atoms. The number of hydrogen-bond acceptors (Lipinski definition) is 3. The van der Waals surface area contributed by atoms with Crippen molar-refractivity contribution in [1.82, 2.24) is 9.78 Å². The van der Waals surface area contributed by atoms with Crippen molar-refractivity contribution in [3.8, 4) is 0 Å². The van der Waals surface area contributed by atoms with Crippen molar-refractivity contribution in [2.45, 2.75) is 33.7 Å². The molecule has 5 heteroatoms. The molecular weight excluding hydrogens is 270 g/mol. The third kappa shape index (κ3) is 2.20. The van der Waals surface area contributed by atoms with E-state index >= 15 is 0 Å². The van der Waals surface area contributed by atoms with Gasteiger partial charge in [0.05, 0.1) is 10.7 Å². The molecule has 2 N–H and O–H groups in total. The molecule has 4 nitrogen and oxygen atoms in total. The van der Waals surface area contributed by atoms with E-state index in [-0.39, 0.29) is 5.78 Å². The van der Waals surface area contributed by atoms with Crippen LogP contribution < -0.4 is 5.73 Å². The van der Waals surface area contributed by atoms with Crippen molar-refractivity contribution in [3.63, 3.8) is 0 Å². The van der Waals surface area contributed by atoms with Gasteiger partial charge in [-0.25, -0.2) is 0 Å². The van der Waals surface area contributed by atoms with Crippen molar-refractivity contribution < 1.29 is 4.79 Å². The van der Waals surface area contributed by atoms with Gasteiger partial charge >= 0.3 is 0 Å². The molecule has 1 unspecified atom stereocenters. The third-order valence-corrected chi connectivity index (χ3v) is 3.67. The monoisotopic (exact) mass is 287 g/mol. The zero-order valence-electron chi connectivity index (χ0n) is 9.96. The number of carbonyl (C=O) groups excluding carboxylic acids is 1. The molecule has 1 atom stereocenters. The fraction of sp³-hybridized carbons (Fsp3) is 0.636. The second-order valence-electron chi connectivity index (χ2n) is 4.10. The number of carbonyl (C=O) groups is 1. The summed E-state index contributed by atoms with van der Waals surface area (Å²) in [7, 11) is 0. The predicted molar refractivity (Wildman–Crippen MR) is 67.4 cm³/mol. The van der Waals surface area contributed by atoms with Crippen LogP contribution in [0.5, 0.6) is 0 Å². The van der Waals surface area contributed by atoms with E-state index < -0.39 is 5.41 Å². The predicted octanol–water partition coefficient (Wildman–Crippen LogP) is 2.22. The number of hydrogen-bond donors (Lipinski definition) is 1. The maximum absolute atomic E-state index is 12.4. The Kier molecular flexibility index (Phi) is 4.27. The van der Waals surface area contributed by atoms with Crippen LogP contribution >= 0.6 is 15.9 Å². The minimum Gasteiger partial charge on any atom is -0.329 e. The van der Waals surface area contributed by atoms with Crippen LogP contribution in [0.3, 0.4) is 0 Å². The number of rotatable bonds is 5. The van der Waals surface area contributed by atoms with Gasteiger partial charge in [0.1, 0.15) is 5.69 Å². The molecule has 0 spiro atoms. The molecule has 0 aliphatic rings. The molecule has 0 aliphatic heterocycles. The Morgan fingerprint density at radius 2 is 2.25 bits per heavy atom. The van der Waals surface area contributed by atoms with Crippen LogP contribution in [-0.2, 0) is 6.54 Å². The highest BCUT2D eigenvalue weighted by Gasteiger charge is 2.34. The van der Waals surface area contributed by atoms with E-state index in [1.807, 2.05) is 20.8 Å². The molecule has 1 aromatic rings. The maximum Gasteiger partial charge on any atom is 0.189 e. The van der Waals surface area contributed by atoms with Gasteiger partial charge in [0.2, 0.25) is 0 Å². The first kappa shape index (κ1) is 13.4. The molecule has 90 valence electrons. The quantitative estimate of drug-likeness (QED) is 0.845. The molecule has 0 aromatic carbocycles. The Balaban J connectivity index is 3.18. The summed E-state index contributed by atoms with van der Waals surface area (Å²) in [5, 5.41) is 4.15. The maximum atomic E-state index is 12.4. The van der Waals surface area contributed by atoms with Gasteiger partial charge in [0.25, 0.3) is 0 Å². The average Bonchev–Trinajstić information content (AvgIpc) is 2.68. The summed E-state index contributed by atoms with van der Waals surface area (Å²) in [6.07, 6.45) is 2.38. The smallest absolute Gasteiger partial charge is 0.189 e. The van der Waals surface area contributed by atoms with Crippen molar-refractivity contribution in [2.75, 3.05) is 6.54 Å². The third-order valence-electron chi connectivity index (χ3n) is 3.09. The lowest BCUT2D eigenvalue weighted by Crippen LogP contribution is -2.36. The van der Waals surface area contributed by atoms with E-state index in [1.165, 1.54) is 0 Å². The number of ketones is 1. The van der Waals surface area contributed by atoms with Crippen LogP contribution in [0.25, 0.3) is 0 Å². The first-order valence-electron chi connectivity index (χ1n) is 5.46. The second kappa shape index (κ2) is 5.10. The van der Waals surface area contributed by atoms with Gasteiger partial charge < -0.3 is 5.73 Å². The van der Waals surface area contributed by atoms with E-state index in [1.54, 1.807) is 10.9 Å². The molecule has 0 aliphatic carbocycles. The van der Waals surface area contributed by atoms with Crippen molar-refractivity contribution in [2.24, 2.45) is 11.1 Å². The van der Waals surface area contributed by atoms with E-state index in [0.717, 1.165) is 10.9 Å². The number of halogens is 1. The van der Waals surface area contributed by atoms with Gasteiger partial charge in [-0.15, -0.1) is 0 Å². The Morgan fingerprint density at radius 1 is 1.62 bits per heavy atom. The lowest BCUT2D eigenvalue weighted by molar-refractivity contribution is 0.0807. The van der Waals surface area contributed by atoms with E-state index in [4.69, 9.17) is 5.73 Å². The van der Waals surface area contributed by atoms with Crippen LogP contribution in [0.2, 0.25) is 0 Å². The minimum absolute atomic E-state index is 0.0590. The summed E-state index contributed by atoms with van der Waals surface area (Å²) in [5.74, 6) is 0.0590. The van der Waals surface area contributed by atoms with Crippen LogP contribution in [0.4, 0.5) is 0 Å². The van der Waals surface area contributed by atoms with Crippen molar-refractivity contribution >= 4 is 21.7 Å². The Labute approximate surface area is 104 Å². The molecule has 0 saturated carbocycles. The number of aromatic nitrogens is 2. The normalized spacial score (nSPS) is 14.8. The largest absolute Gasteiger partial charge is 0.329 e. The summed E-state index contributed by atoms with van der Waals surface area (Å²) in [5.41, 5.74) is 5.82. The molecule has 1 rings (SSSR count). The number of nitrogens with zero attached hydrogens (tertiary/aromatic N) is 2. The highest BCUT2D eigenvalue weighted by Crippen LogP contribution is 2.28. The van der Waals surface area contributed by atoms with Crippen LogP contribution in [0.15, 0.2) is 10.7 Å². The lowest BCUT2D eigenvalue weighted by Gasteiger charge is -2.24. The molecule has 1 heterocycles. The average molecular weight is 288 g/mol. The molecule has 0 radical (unpaired) electrons. The summed E-state index contributed by atoms with van der Waals surface area (Å²) < 4.78 is 2.45. The number of Topliss-reactive ketones (excluding diaryl/α,β-unsaturated/α-hetero) is 1. The molecule has 0 amide bonds. The fourth-order valence-electron chi connectivity index (χ4n) is 1.51. The minimum atomic E-state index is -0.504. The first-order valence-corrected chi connectivity index (χ1v) is 6.25. The highest BCUT2D eigenvalue weighted by atomic mass is 79.9. The summed E-state index contributed by atoms with van der Waals surface area (Å²) in [4.78, 5) is 12.4. The van der Waals surface area contributed by atoms with Gasteiger partial charge in [-0.05, 0) is 29.3 Å². The van der Waals surface area contributed by atoms with Crippen LogP contribution in [-0.4, -0.2) is 22.1 Å². The Hall–Kier alpha value is -0.680. The molecular formula is C11H18BrN3O. The standard InChI is InChI=1S/C11H18BrN3O/c1-4-11(3,7-13)10(16)9-8(12)6-14-15(9)5-2/h6H,4-5,7,13H2,1-3H3. The first-order chi connectivity index (χ1) is 7.50. The van der Waals surface area contributed by atoms with Gasteiger partial charge in [-0.1, -0.05) is 13.8 Å². The highest BCUT2D eigenvalue weighted by molar-refractivity contribution is 9.10. The van der Waals surface area contributed by atoms with Crippen LogP contribution in [0, 0.1) is 5.41 Å². The van der Waals surface area contributed by atoms with E-state index in [2.05, 4.69) is 21.0 Å². The summed E-state index contributed by atoms with van der Waals surface area (Å²) >= 11 is 3.36. The molecule has 0 saturated heterocycles. The lowest BCUT2D eigenvalue weighted by atomic mass is 9.81. The van der Waals surface area contributed by atoms with E-state index in [9.17, 15) is 4.79 Å². The molecule has 0 bridgehead atoms. The van der Waals surface area contributed by atoms with Gasteiger partial charge in [0, 0.05) is 18.5 Å². The van der Waals surface area contributed by atoms with Gasteiger partial charge in [0.15, 0.2) is 5.78 Å². The number of aryl methyl sites for hydroxylation is 1. The Morgan fingerprint density at radius 3 is 2.69 bits per heavy atom. The SMILES string of the molecule is CCn1ncc(Br)c1C(=O)C(C)(CC)CN. The van der Waals surface area contributed by atoms with E-state index in [0.29, 0.717) is 18.8 Å².